The molecule has 2 atom stereocenters. The Morgan fingerprint density at radius 3 is 2.60 bits per heavy atom. The number of amides is 1. The molecule has 1 amide bonds. The fourth-order valence-electron chi connectivity index (χ4n) is 1.68. The molecule has 120 valence electrons. The van der Waals surface area contributed by atoms with Gasteiger partial charge in [0.15, 0.2) is 0 Å². The Hall–Kier alpha value is -0.650. The zero-order valence-corrected chi connectivity index (χ0v) is 13.4. The van der Waals surface area contributed by atoms with Gasteiger partial charge < -0.3 is 20.5 Å². The molecule has 3 N–H and O–H groups in total. The van der Waals surface area contributed by atoms with E-state index in [4.69, 9.17) is 4.74 Å². The first-order valence-electron chi connectivity index (χ1n) is 7.74. The summed E-state index contributed by atoms with van der Waals surface area (Å²) in [6.45, 7) is 10.2. The summed E-state index contributed by atoms with van der Waals surface area (Å²) < 4.78 is 5.41. The monoisotopic (exact) mass is 288 g/mol. The molecule has 0 aromatic carbocycles. The first kappa shape index (κ1) is 19.4. The van der Waals surface area contributed by atoms with Crippen molar-refractivity contribution in [2.75, 3.05) is 26.3 Å². The number of rotatable bonds is 12. The minimum Gasteiger partial charge on any atom is -0.389 e. The zero-order valence-electron chi connectivity index (χ0n) is 13.4. The molecule has 0 aliphatic heterocycles. The third-order valence-corrected chi connectivity index (χ3v) is 2.98. The summed E-state index contributed by atoms with van der Waals surface area (Å²) in [6.07, 6.45) is 2.51. The summed E-state index contributed by atoms with van der Waals surface area (Å²) in [6, 6.07) is -0.294. The van der Waals surface area contributed by atoms with Crippen molar-refractivity contribution in [2.24, 2.45) is 5.92 Å². The van der Waals surface area contributed by atoms with E-state index in [2.05, 4.69) is 24.5 Å². The molecule has 0 spiro atoms. The molecule has 0 radical (unpaired) electrons. The fourth-order valence-corrected chi connectivity index (χ4v) is 1.68. The van der Waals surface area contributed by atoms with Crippen LogP contribution in [-0.2, 0) is 9.53 Å². The van der Waals surface area contributed by atoms with Crippen LogP contribution >= 0.6 is 0 Å². The molecular formula is C15H32N2O3. The Bertz CT molecular complexity index is 247. The van der Waals surface area contributed by atoms with Gasteiger partial charge in [0, 0.05) is 19.7 Å². The van der Waals surface area contributed by atoms with E-state index >= 15 is 0 Å². The van der Waals surface area contributed by atoms with Gasteiger partial charge in [-0.25, -0.2) is 0 Å². The molecule has 5 nitrogen and oxygen atoms in total. The maximum atomic E-state index is 11.6. The summed E-state index contributed by atoms with van der Waals surface area (Å²) in [5.74, 6) is 0.657. The van der Waals surface area contributed by atoms with Crippen LogP contribution in [0.15, 0.2) is 0 Å². The molecule has 0 aliphatic rings. The van der Waals surface area contributed by atoms with Crippen LogP contribution in [0.3, 0.4) is 0 Å². The maximum absolute atomic E-state index is 11.6. The van der Waals surface area contributed by atoms with Crippen LogP contribution in [0, 0.1) is 5.92 Å². The molecule has 0 aliphatic carbocycles. The predicted octanol–water partition coefficient (Wildman–Crippen LogP) is 1.30. The molecule has 0 saturated carbocycles. The van der Waals surface area contributed by atoms with Gasteiger partial charge in [-0.2, -0.15) is 0 Å². The molecule has 0 rings (SSSR count). The third-order valence-electron chi connectivity index (χ3n) is 2.98. The van der Waals surface area contributed by atoms with Crippen molar-refractivity contribution in [2.45, 2.75) is 59.1 Å². The summed E-state index contributed by atoms with van der Waals surface area (Å²) in [5.41, 5.74) is 0. The van der Waals surface area contributed by atoms with Crippen molar-refractivity contribution < 1.29 is 14.6 Å². The van der Waals surface area contributed by atoms with E-state index in [9.17, 15) is 9.90 Å². The SMILES string of the molecule is CCCNC(=O)C(C)NCC(O)COCCCC(C)C. The van der Waals surface area contributed by atoms with Crippen LogP contribution in [0.5, 0.6) is 0 Å². The summed E-state index contributed by atoms with van der Waals surface area (Å²) in [4.78, 5) is 11.6. The molecule has 0 aromatic rings. The van der Waals surface area contributed by atoms with Crippen LogP contribution in [0.2, 0.25) is 0 Å². The second-order valence-electron chi connectivity index (χ2n) is 5.69. The van der Waals surface area contributed by atoms with Crippen LogP contribution < -0.4 is 10.6 Å². The van der Waals surface area contributed by atoms with Gasteiger partial charge in [0.05, 0.1) is 18.8 Å². The molecule has 5 heteroatoms. The minimum absolute atomic E-state index is 0.0306. The molecular weight excluding hydrogens is 256 g/mol. The third kappa shape index (κ3) is 11.2. The van der Waals surface area contributed by atoms with E-state index in [0.717, 1.165) is 19.3 Å². The van der Waals surface area contributed by atoms with Crippen molar-refractivity contribution >= 4 is 5.91 Å². The highest BCUT2D eigenvalue weighted by Crippen LogP contribution is 2.03. The second-order valence-corrected chi connectivity index (χ2v) is 5.69. The molecule has 0 saturated heterocycles. The van der Waals surface area contributed by atoms with E-state index in [1.54, 1.807) is 6.92 Å². The lowest BCUT2D eigenvalue weighted by Gasteiger charge is -2.17. The Labute approximate surface area is 123 Å². The van der Waals surface area contributed by atoms with Gasteiger partial charge in [0.25, 0.3) is 0 Å². The van der Waals surface area contributed by atoms with Crippen LogP contribution in [0.25, 0.3) is 0 Å². The lowest BCUT2D eigenvalue weighted by atomic mass is 10.1. The van der Waals surface area contributed by atoms with E-state index in [1.807, 2.05) is 6.92 Å². The number of hydrogen-bond donors (Lipinski definition) is 3. The molecule has 2 unspecified atom stereocenters. The van der Waals surface area contributed by atoms with Crippen LogP contribution in [0.4, 0.5) is 0 Å². The number of carbonyl (C=O) groups is 1. The molecule has 20 heavy (non-hydrogen) atoms. The van der Waals surface area contributed by atoms with E-state index < -0.39 is 6.10 Å². The van der Waals surface area contributed by atoms with Gasteiger partial charge in [-0.1, -0.05) is 20.8 Å². The highest BCUT2D eigenvalue weighted by atomic mass is 16.5. The topological polar surface area (TPSA) is 70.6 Å². The minimum atomic E-state index is -0.574. The largest absolute Gasteiger partial charge is 0.389 e. The summed E-state index contributed by atoms with van der Waals surface area (Å²) >= 11 is 0. The number of hydrogen-bond acceptors (Lipinski definition) is 4. The number of aliphatic hydroxyl groups excluding tert-OH is 1. The Kier molecular flexibility index (Phi) is 11.7. The highest BCUT2D eigenvalue weighted by Gasteiger charge is 2.13. The van der Waals surface area contributed by atoms with Crippen LogP contribution in [-0.4, -0.2) is 49.5 Å². The first-order valence-corrected chi connectivity index (χ1v) is 7.74. The highest BCUT2D eigenvalue weighted by molar-refractivity contribution is 5.81. The maximum Gasteiger partial charge on any atom is 0.236 e. The average Bonchev–Trinajstić information content (AvgIpc) is 2.41. The molecule has 0 bridgehead atoms. The normalized spacial score (nSPS) is 14.3. The zero-order chi connectivity index (χ0) is 15.4. The number of aliphatic hydroxyl groups is 1. The van der Waals surface area contributed by atoms with Gasteiger partial charge >= 0.3 is 0 Å². The average molecular weight is 288 g/mol. The molecule has 0 aromatic heterocycles. The second kappa shape index (κ2) is 12.1. The van der Waals surface area contributed by atoms with Gasteiger partial charge in [-0.05, 0) is 32.1 Å². The van der Waals surface area contributed by atoms with Crippen molar-refractivity contribution in [3.05, 3.63) is 0 Å². The smallest absolute Gasteiger partial charge is 0.236 e. The summed E-state index contributed by atoms with van der Waals surface area (Å²) in [5, 5.41) is 15.6. The van der Waals surface area contributed by atoms with E-state index in [0.29, 0.717) is 32.2 Å². The predicted molar refractivity (Wildman–Crippen MR) is 81.7 cm³/mol. The van der Waals surface area contributed by atoms with E-state index in [-0.39, 0.29) is 11.9 Å². The summed E-state index contributed by atoms with van der Waals surface area (Å²) in [7, 11) is 0. The lowest BCUT2D eigenvalue weighted by Crippen LogP contribution is -2.45. The first-order chi connectivity index (χ1) is 9.47. The molecule has 0 heterocycles. The lowest BCUT2D eigenvalue weighted by molar-refractivity contribution is -0.122. The standard InChI is InChI=1S/C15H32N2O3/c1-5-8-16-15(19)13(4)17-10-14(18)11-20-9-6-7-12(2)3/h12-14,17-18H,5-11H2,1-4H3,(H,16,19). The number of ether oxygens (including phenoxy) is 1. The van der Waals surface area contributed by atoms with Crippen molar-refractivity contribution in [3.8, 4) is 0 Å². The van der Waals surface area contributed by atoms with Gasteiger partial charge in [0.1, 0.15) is 0 Å². The van der Waals surface area contributed by atoms with Crippen molar-refractivity contribution in [3.63, 3.8) is 0 Å². The van der Waals surface area contributed by atoms with E-state index in [1.165, 1.54) is 0 Å². The molecule has 0 fully saturated rings. The van der Waals surface area contributed by atoms with Crippen molar-refractivity contribution in [1.29, 1.82) is 0 Å². The quantitative estimate of drug-likeness (QED) is 0.474. The number of carbonyl (C=O) groups excluding carboxylic acids is 1. The fraction of sp³-hybridized carbons (Fsp3) is 0.933. The van der Waals surface area contributed by atoms with Gasteiger partial charge in [-0.3, -0.25) is 4.79 Å². The van der Waals surface area contributed by atoms with Gasteiger partial charge in [0.2, 0.25) is 5.91 Å². The van der Waals surface area contributed by atoms with Crippen molar-refractivity contribution in [1.82, 2.24) is 10.6 Å². The Balaban J connectivity index is 3.56. The van der Waals surface area contributed by atoms with Crippen LogP contribution in [0.1, 0.15) is 47.0 Å². The van der Waals surface area contributed by atoms with Gasteiger partial charge in [-0.15, -0.1) is 0 Å². The number of nitrogens with one attached hydrogen (secondary N) is 2. The Morgan fingerprint density at radius 2 is 2.00 bits per heavy atom. The Morgan fingerprint density at radius 1 is 1.30 bits per heavy atom.